The Morgan fingerprint density at radius 3 is 2.87 bits per heavy atom. The number of urea groups is 1. The Labute approximate surface area is 136 Å². The second-order valence-electron chi connectivity index (χ2n) is 6.28. The number of amides is 2. The fraction of sp³-hybridized carbons (Fsp3) is 0.588. The third-order valence-electron chi connectivity index (χ3n) is 4.69. The van der Waals surface area contributed by atoms with Crippen LogP contribution in [0.3, 0.4) is 0 Å². The van der Waals surface area contributed by atoms with E-state index in [0.29, 0.717) is 18.2 Å². The van der Waals surface area contributed by atoms with Crippen molar-refractivity contribution in [3.05, 3.63) is 35.1 Å². The van der Waals surface area contributed by atoms with Crippen LogP contribution < -0.4 is 5.32 Å². The molecule has 0 aliphatic carbocycles. The molecule has 6 heteroatoms. The largest absolute Gasteiger partial charge is 0.379 e. The summed E-state index contributed by atoms with van der Waals surface area (Å²) in [7, 11) is 0. The number of ether oxygens (including phenoxy) is 1. The number of aryl methyl sites for hydroxylation is 1. The number of hydrogen-bond acceptors (Lipinski definition) is 3. The summed E-state index contributed by atoms with van der Waals surface area (Å²) in [5.74, 6) is -0.231. The number of carbonyl (C=O) groups excluding carboxylic acids is 1. The van der Waals surface area contributed by atoms with Gasteiger partial charge < -0.3 is 15.0 Å². The van der Waals surface area contributed by atoms with Crippen molar-refractivity contribution in [2.24, 2.45) is 0 Å². The lowest BCUT2D eigenvalue weighted by atomic mass is 10.1. The van der Waals surface area contributed by atoms with Gasteiger partial charge in [0.1, 0.15) is 5.82 Å². The zero-order valence-corrected chi connectivity index (χ0v) is 13.6. The summed E-state index contributed by atoms with van der Waals surface area (Å²) in [5, 5.41) is 2.89. The highest BCUT2D eigenvalue weighted by Crippen LogP contribution is 2.17. The first-order chi connectivity index (χ1) is 11.1. The predicted octanol–water partition coefficient (Wildman–Crippen LogP) is 1.75. The highest BCUT2D eigenvalue weighted by atomic mass is 19.1. The maximum atomic E-state index is 13.5. The summed E-state index contributed by atoms with van der Waals surface area (Å²) in [5.41, 5.74) is 1.40. The average Bonchev–Trinajstić information content (AvgIpc) is 3.06. The van der Waals surface area contributed by atoms with Crippen molar-refractivity contribution in [1.29, 1.82) is 0 Å². The van der Waals surface area contributed by atoms with Crippen molar-refractivity contribution >= 4 is 6.03 Å². The Hall–Kier alpha value is -1.66. The minimum atomic E-state index is -0.231. The van der Waals surface area contributed by atoms with E-state index in [1.807, 2.05) is 11.0 Å². The van der Waals surface area contributed by atoms with Crippen LogP contribution in [-0.4, -0.2) is 61.3 Å². The van der Waals surface area contributed by atoms with E-state index in [-0.39, 0.29) is 11.8 Å². The molecule has 0 saturated carbocycles. The van der Waals surface area contributed by atoms with E-state index in [4.69, 9.17) is 4.74 Å². The molecule has 0 radical (unpaired) electrons. The fourth-order valence-corrected chi connectivity index (χ4v) is 3.20. The standard InChI is InChI=1S/C17H24FN3O2/c1-13-2-3-14(10-16(13)18)11-19-17(22)21-5-4-15(12-21)20-6-8-23-9-7-20/h2-3,10,15H,4-9,11-12H2,1H3,(H,19,22)/t15-/m0/s1. The van der Waals surface area contributed by atoms with Gasteiger partial charge in [0, 0.05) is 38.8 Å². The van der Waals surface area contributed by atoms with Crippen LogP contribution >= 0.6 is 0 Å². The third kappa shape index (κ3) is 4.00. The number of benzene rings is 1. The molecular weight excluding hydrogens is 297 g/mol. The number of likely N-dealkylation sites (tertiary alicyclic amines) is 1. The lowest BCUT2D eigenvalue weighted by Gasteiger charge is -2.32. The fourth-order valence-electron chi connectivity index (χ4n) is 3.20. The number of nitrogens with one attached hydrogen (secondary N) is 1. The molecule has 0 bridgehead atoms. The number of hydrogen-bond donors (Lipinski definition) is 1. The highest BCUT2D eigenvalue weighted by Gasteiger charge is 2.30. The molecular formula is C17H24FN3O2. The molecule has 2 fully saturated rings. The van der Waals surface area contributed by atoms with Crippen LogP contribution in [0.5, 0.6) is 0 Å². The molecule has 0 aromatic heterocycles. The first-order valence-corrected chi connectivity index (χ1v) is 8.23. The zero-order chi connectivity index (χ0) is 16.2. The zero-order valence-electron chi connectivity index (χ0n) is 13.6. The van der Waals surface area contributed by atoms with Crippen molar-refractivity contribution in [2.45, 2.75) is 25.9 Å². The summed E-state index contributed by atoms with van der Waals surface area (Å²) < 4.78 is 18.9. The van der Waals surface area contributed by atoms with Crippen molar-refractivity contribution in [3.63, 3.8) is 0 Å². The molecule has 1 aromatic rings. The molecule has 2 aliphatic heterocycles. The monoisotopic (exact) mass is 321 g/mol. The molecule has 1 aromatic carbocycles. The highest BCUT2D eigenvalue weighted by molar-refractivity contribution is 5.74. The lowest BCUT2D eigenvalue weighted by Crippen LogP contribution is -2.46. The summed E-state index contributed by atoms with van der Waals surface area (Å²) in [4.78, 5) is 16.5. The molecule has 2 heterocycles. The van der Waals surface area contributed by atoms with E-state index in [1.54, 1.807) is 13.0 Å². The van der Waals surface area contributed by atoms with Gasteiger partial charge in [0.15, 0.2) is 0 Å². The van der Waals surface area contributed by atoms with Gasteiger partial charge in [0.25, 0.3) is 0 Å². The molecule has 1 N–H and O–H groups in total. The molecule has 2 amide bonds. The quantitative estimate of drug-likeness (QED) is 0.922. The molecule has 2 saturated heterocycles. The third-order valence-corrected chi connectivity index (χ3v) is 4.69. The summed E-state index contributed by atoms with van der Waals surface area (Å²) in [6.45, 7) is 7.07. The lowest BCUT2D eigenvalue weighted by molar-refractivity contribution is 0.0191. The van der Waals surface area contributed by atoms with Gasteiger partial charge >= 0.3 is 6.03 Å². The molecule has 1 atom stereocenters. The van der Waals surface area contributed by atoms with Crippen LogP contribution in [0.25, 0.3) is 0 Å². The Morgan fingerprint density at radius 2 is 2.13 bits per heavy atom. The van der Waals surface area contributed by atoms with Gasteiger partial charge in [-0.1, -0.05) is 12.1 Å². The number of morpholine rings is 1. The van der Waals surface area contributed by atoms with E-state index >= 15 is 0 Å². The van der Waals surface area contributed by atoms with E-state index in [0.717, 1.165) is 51.4 Å². The van der Waals surface area contributed by atoms with Crippen molar-refractivity contribution < 1.29 is 13.9 Å². The van der Waals surface area contributed by atoms with Crippen LogP contribution in [-0.2, 0) is 11.3 Å². The normalized spacial score (nSPS) is 22.3. The Kier molecular flexibility index (Phi) is 5.13. The molecule has 0 spiro atoms. The first-order valence-electron chi connectivity index (χ1n) is 8.23. The van der Waals surface area contributed by atoms with Crippen molar-refractivity contribution in [3.8, 4) is 0 Å². The predicted molar refractivity (Wildman–Crippen MR) is 85.7 cm³/mol. The number of carbonyl (C=O) groups is 1. The van der Waals surface area contributed by atoms with Crippen LogP contribution in [0.2, 0.25) is 0 Å². The summed E-state index contributed by atoms with van der Waals surface area (Å²) >= 11 is 0. The molecule has 2 aliphatic rings. The average molecular weight is 321 g/mol. The smallest absolute Gasteiger partial charge is 0.317 e. The minimum absolute atomic E-state index is 0.0678. The Balaban J connectivity index is 1.48. The molecule has 5 nitrogen and oxygen atoms in total. The summed E-state index contributed by atoms with van der Waals surface area (Å²) in [6.07, 6.45) is 1.01. The van der Waals surface area contributed by atoms with E-state index < -0.39 is 0 Å². The van der Waals surface area contributed by atoms with Gasteiger partial charge in [-0.2, -0.15) is 0 Å². The van der Waals surface area contributed by atoms with Gasteiger partial charge in [-0.3, -0.25) is 4.90 Å². The van der Waals surface area contributed by atoms with Gasteiger partial charge in [-0.25, -0.2) is 9.18 Å². The second kappa shape index (κ2) is 7.27. The van der Waals surface area contributed by atoms with E-state index in [2.05, 4.69) is 10.2 Å². The number of rotatable bonds is 3. The van der Waals surface area contributed by atoms with Gasteiger partial charge in [0.2, 0.25) is 0 Å². The van der Waals surface area contributed by atoms with Crippen LogP contribution in [0.4, 0.5) is 9.18 Å². The first kappa shape index (κ1) is 16.2. The van der Waals surface area contributed by atoms with Gasteiger partial charge in [0.05, 0.1) is 13.2 Å². The van der Waals surface area contributed by atoms with Crippen LogP contribution in [0.1, 0.15) is 17.5 Å². The maximum Gasteiger partial charge on any atom is 0.317 e. The Bertz CT molecular complexity index is 561. The SMILES string of the molecule is Cc1ccc(CNC(=O)N2CC[C@H](N3CCOCC3)C2)cc1F. The molecule has 0 unspecified atom stereocenters. The Morgan fingerprint density at radius 1 is 1.35 bits per heavy atom. The minimum Gasteiger partial charge on any atom is -0.379 e. The molecule has 23 heavy (non-hydrogen) atoms. The second-order valence-corrected chi connectivity index (χ2v) is 6.28. The van der Waals surface area contributed by atoms with Crippen LogP contribution in [0.15, 0.2) is 18.2 Å². The van der Waals surface area contributed by atoms with E-state index in [1.165, 1.54) is 6.07 Å². The molecule has 126 valence electrons. The van der Waals surface area contributed by atoms with Gasteiger partial charge in [-0.15, -0.1) is 0 Å². The molecule has 3 rings (SSSR count). The van der Waals surface area contributed by atoms with E-state index in [9.17, 15) is 9.18 Å². The number of nitrogens with zero attached hydrogens (tertiary/aromatic N) is 2. The topological polar surface area (TPSA) is 44.8 Å². The number of halogens is 1. The van der Waals surface area contributed by atoms with Crippen molar-refractivity contribution in [1.82, 2.24) is 15.1 Å². The maximum absolute atomic E-state index is 13.5. The summed E-state index contributed by atoms with van der Waals surface area (Å²) in [6, 6.07) is 5.43. The van der Waals surface area contributed by atoms with Gasteiger partial charge in [-0.05, 0) is 30.5 Å². The van der Waals surface area contributed by atoms with Crippen LogP contribution in [0, 0.1) is 12.7 Å². The van der Waals surface area contributed by atoms with Crippen molar-refractivity contribution in [2.75, 3.05) is 39.4 Å².